The van der Waals surface area contributed by atoms with Gasteiger partial charge in [-0.05, 0) is 30.3 Å². The Hall–Kier alpha value is -3.42. The summed E-state index contributed by atoms with van der Waals surface area (Å²) >= 11 is 0. The third-order valence-electron chi connectivity index (χ3n) is 3.27. The van der Waals surface area contributed by atoms with E-state index in [0.29, 0.717) is 17.2 Å². The van der Waals surface area contributed by atoms with Crippen molar-refractivity contribution in [3.63, 3.8) is 0 Å². The molecule has 1 amide bonds. The largest absolute Gasteiger partial charge is 0.497 e. The zero-order chi connectivity index (χ0) is 18.4. The molecule has 0 atom stereocenters. The van der Waals surface area contributed by atoms with E-state index in [-0.39, 0.29) is 5.56 Å². The number of nitrogens with one attached hydrogen (secondary N) is 1. The van der Waals surface area contributed by atoms with Crippen molar-refractivity contribution in [3.8, 4) is 11.5 Å². The number of nitro groups is 1. The number of hydrogen-bond acceptors (Lipinski definition) is 5. The Morgan fingerprint density at radius 1 is 1.20 bits per heavy atom. The fourth-order valence-corrected chi connectivity index (χ4v) is 2.06. The van der Waals surface area contributed by atoms with Gasteiger partial charge in [0, 0.05) is 12.1 Å². The zero-order valence-corrected chi connectivity index (χ0v) is 13.5. The van der Waals surface area contributed by atoms with Crippen LogP contribution >= 0.6 is 0 Å². The van der Waals surface area contributed by atoms with Gasteiger partial charge >= 0.3 is 0 Å². The van der Waals surface area contributed by atoms with Crippen LogP contribution in [0.3, 0.4) is 0 Å². The molecule has 0 bridgehead atoms. The molecule has 2 aromatic rings. The molecular weight excluding hydrogens is 331 g/mol. The maximum absolute atomic E-state index is 13.1. The van der Waals surface area contributed by atoms with Gasteiger partial charge in [0.05, 0.1) is 36.5 Å². The summed E-state index contributed by atoms with van der Waals surface area (Å²) in [4.78, 5) is 22.2. The summed E-state index contributed by atoms with van der Waals surface area (Å²) in [5.41, 5.74) is 0.0980. The van der Waals surface area contributed by atoms with Crippen LogP contribution in [0.15, 0.2) is 42.5 Å². The van der Waals surface area contributed by atoms with Crippen LogP contribution in [0.5, 0.6) is 11.5 Å². The number of carbonyl (C=O) groups excluding carboxylic acids is 1. The number of methoxy groups -OCH3 is 2. The fourth-order valence-electron chi connectivity index (χ4n) is 2.06. The molecule has 0 aliphatic carbocycles. The number of nitrogens with zero attached hydrogens (tertiary/aromatic N) is 1. The Balaban J connectivity index is 2.18. The topological polar surface area (TPSA) is 90.7 Å². The van der Waals surface area contributed by atoms with Crippen LogP contribution in [0.4, 0.5) is 15.8 Å². The van der Waals surface area contributed by atoms with Gasteiger partial charge in [0.2, 0.25) is 5.91 Å². The summed E-state index contributed by atoms with van der Waals surface area (Å²) in [5, 5.41) is 13.5. The van der Waals surface area contributed by atoms with Gasteiger partial charge in [-0.3, -0.25) is 14.9 Å². The Morgan fingerprint density at radius 2 is 1.96 bits per heavy atom. The predicted molar refractivity (Wildman–Crippen MR) is 90.3 cm³/mol. The number of anilines is 1. The molecule has 8 heteroatoms. The Kier molecular flexibility index (Phi) is 5.67. The van der Waals surface area contributed by atoms with Crippen LogP contribution in [0.2, 0.25) is 0 Å². The first-order chi connectivity index (χ1) is 11.9. The highest BCUT2D eigenvalue weighted by Gasteiger charge is 2.13. The van der Waals surface area contributed by atoms with Crippen LogP contribution in [0.25, 0.3) is 6.08 Å². The molecule has 0 aliphatic heterocycles. The molecular formula is C17H15FN2O5. The van der Waals surface area contributed by atoms with E-state index in [9.17, 15) is 19.3 Å². The SMILES string of the molecule is COc1ccc(NC(=O)C=Cc2ccc(F)cc2[N+](=O)[O-])c(OC)c1. The molecule has 130 valence electrons. The number of amides is 1. The van der Waals surface area contributed by atoms with Gasteiger partial charge in [0.15, 0.2) is 0 Å². The number of halogens is 1. The van der Waals surface area contributed by atoms with Gasteiger partial charge < -0.3 is 14.8 Å². The summed E-state index contributed by atoms with van der Waals surface area (Å²) in [6.07, 6.45) is 2.35. The smallest absolute Gasteiger partial charge is 0.279 e. The van der Waals surface area contributed by atoms with Crippen molar-refractivity contribution in [3.05, 3.63) is 64.0 Å². The quantitative estimate of drug-likeness (QED) is 0.492. The van der Waals surface area contributed by atoms with Gasteiger partial charge in [-0.25, -0.2) is 4.39 Å². The summed E-state index contributed by atoms with van der Waals surface area (Å²) < 4.78 is 23.3. The van der Waals surface area contributed by atoms with Crippen molar-refractivity contribution >= 4 is 23.4 Å². The van der Waals surface area contributed by atoms with Crippen molar-refractivity contribution in [2.24, 2.45) is 0 Å². The minimum absolute atomic E-state index is 0.114. The first-order valence-electron chi connectivity index (χ1n) is 7.09. The molecule has 0 saturated carbocycles. The predicted octanol–water partition coefficient (Wildman–Crippen LogP) is 3.40. The second-order valence-electron chi connectivity index (χ2n) is 4.85. The first kappa shape index (κ1) is 17.9. The molecule has 1 N–H and O–H groups in total. The lowest BCUT2D eigenvalue weighted by molar-refractivity contribution is -0.385. The van der Waals surface area contributed by atoms with Gasteiger partial charge in [0.1, 0.15) is 17.3 Å². The summed E-state index contributed by atoms with van der Waals surface area (Å²) in [7, 11) is 2.95. The summed E-state index contributed by atoms with van der Waals surface area (Å²) in [5.74, 6) is -0.292. The second kappa shape index (κ2) is 7.91. The monoisotopic (exact) mass is 346 g/mol. The number of ether oxygens (including phenoxy) is 2. The molecule has 2 rings (SSSR count). The highest BCUT2D eigenvalue weighted by molar-refractivity contribution is 6.03. The Labute approximate surface area is 142 Å². The van der Waals surface area contributed by atoms with E-state index < -0.39 is 22.3 Å². The number of carbonyl (C=O) groups is 1. The van der Waals surface area contributed by atoms with Crippen molar-refractivity contribution in [2.75, 3.05) is 19.5 Å². The van der Waals surface area contributed by atoms with E-state index in [1.165, 1.54) is 26.4 Å². The molecule has 25 heavy (non-hydrogen) atoms. The molecule has 0 heterocycles. The van der Waals surface area contributed by atoms with Crippen molar-refractivity contribution in [2.45, 2.75) is 0 Å². The molecule has 0 unspecified atom stereocenters. The maximum atomic E-state index is 13.1. The van der Waals surface area contributed by atoms with Crippen LogP contribution in [-0.4, -0.2) is 25.1 Å². The fraction of sp³-hybridized carbons (Fsp3) is 0.118. The minimum atomic E-state index is -0.726. The number of hydrogen-bond donors (Lipinski definition) is 1. The standard InChI is InChI=1S/C17H15FN2O5/c1-24-13-6-7-14(16(10-13)25-2)19-17(21)8-4-11-3-5-12(18)9-15(11)20(22)23/h3-10H,1-2H3,(H,19,21). The lowest BCUT2D eigenvalue weighted by Crippen LogP contribution is -2.09. The average molecular weight is 346 g/mol. The Bertz CT molecular complexity index is 836. The van der Waals surface area contributed by atoms with Crippen LogP contribution in [-0.2, 0) is 4.79 Å². The number of rotatable bonds is 6. The minimum Gasteiger partial charge on any atom is -0.497 e. The van der Waals surface area contributed by atoms with Gasteiger partial charge in [-0.1, -0.05) is 0 Å². The first-order valence-corrected chi connectivity index (χ1v) is 7.09. The number of nitro benzene ring substituents is 1. The van der Waals surface area contributed by atoms with Gasteiger partial charge in [-0.15, -0.1) is 0 Å². The zero-order valence-electron chi connectivity index (χ0n) is 13.5. The van der Waals surface area contributed by atoms with E-state index in [0.717, 1.165) is 18.2 Å². The molecule has 0 aliphatic rings. The summed E-state index contributed by atoms with van der Waals surface area (Å²) in [6.45, 7) is 0. The van der Waals surface area contributed by atoms with E-state index >= 15 is 0 Å². The molecule has 0 aromatic heterocycles. The van der Waals surface area contributed by atoms with Crippen molar-refractivity contribution in [1.82, 2.24) is 0 Å². The lowest BCUT2D eigenvalue weighted by Gasteiger charge is -2.10. The van der Waals surface area contributed by atoms with Gasteiger partial charge in [-0.2, -0.15) is 0 Å². The Morgan fingerprint density at radius 3 is 2.60 bits per heavy atom. The highest BCUT2D eigenvalue weighted by atomic mass is 19.1. The van der Waals surface area contributed by atoms with Crippen LogP contribution in [0.1, 0.15) is 5.56 Å². The van der Waals surface area contributed by atoms with Crippen molar-refractivity contribution in [1.29, 1.82) is 0 Å². The van der Waals surface area contributed by atoms with E-state index in [2.05, 4.69) is 5.32 Å². The second-order valence-corrected chi connectivity index (χ2v) is 4.85. The normalized spacial score (nSPS) is 10.5. The van der Waals surface area contributed by atoms with E-state index in [1.54, 1.807) is 18.2 Å². The average Bonchev–Trinajstić information content (AvgIpc) is 2.60. The maximum Gasteiger partial charge on any atom is 0.279 e. The van der Waals surface area contributed by atoms with E-state index in [4.69, 9.17) is 9.47 Å². The van der Waals surface area contributed by atoms with Gasteiger partial charge in [0.25, 0.3) is 5.69 Å². The lowest BCUT2D eigenvalue weighted by atomic mass is 10.1. The van der Waals surface area contributed by atoms with Crippen LogP contribution < -0.4 is 14.8 Å². The molecule has 0 fully saturated rings. The molecule has 0 saturated heterocycles. The molecule has 0 radical (unpaired) electrons. The molecule has 0 spiro atoms. The van der Waals surface area contributed by atoms with Crippen molar-refractivity contribution < 1.29 is 23.6 Å². The molecule has 2 aromatic carbocycles. The number of benzene rings is 2. The molecule has 7 nitrogen and oxygen atoms in total. The highest BCUT2D eigenvalue weighted by Crippen LogP contribution is 2.29. The third-order valence-corrected chi connectivity index (χ3v) is 3.27. The van der Waals surface area contributed by atoms with Crippen LogP contribution in [0, 0.1) is 15.9 Å². The third kappa shape index (κ3) is 4.54. The van der Waals surface area contributed by atoms with E-state index in [1.807, 2.05) is 0 Å². The summed E-state index contributed by atoms with van der Waals surface area (Å²) in [6, 6.07) is 7.95.